The highest BCUT2D eigenvalue weighted by atomic mass is 32.1. The van der Waals surface area contributed by atoms with Crippen molar-refractivity contribution in [2.24, 2.45) is 0 Å². The highest BCUT2D eigenvalue weighted by molar-refractivity contribution is 7.21. The molecule has 3 N–H and O–H groups in total. The molecule has 1 amide bonds. The van der Waals surface area contributed by atoms with Gasteiger partial charge in [-0.2, -0.15) is 0 Å². The van der Waals surface area contributed by atoms with Crippen molar-refractivity contribution in [2.45, 2.75) is 19.9 Å². The molecule has 3 rings (SSSR count). The van der Waals surface area contributed by atoms with E-state index in [9.17, 15) is 4.79 Å². The van der Waals surface area contributed by atoms with E-state index in [1.807, 2.05) is 6.92 Å². The minimum atomic E-state index is -0.284. The molecule has 0 atom stereocenters. The van der Waals surface area contributed by atoms with Crippen LogP contribution in [0.4, 0.5) is 5.69 Å². The maximum absolute atomic E-state index is 12.2. The molecule has 0 saturated carbocycles. The number of aromatic nitrogens is 3. The highest BCUT2D eigenvalue weighted by Crippen LogP contribution is 2.30. The van der Waals surface area contributed by atoms with Gasteiger partial charge in [-0.3, -0.25) is 4.79 Å². The van der Waals surface area contributed by atoms with Gasteiger partial charge in [-0.15, -0.1) is 11.3 Å². The first-order chi connectivity index (χ1) is 10.2. The monoisotopic (exact) mass is 303 g/mol. The molecule has 0 aliphatic heterocycles. The number of hydrogen-bond donors (Lipinski definition) is 2. The summed E-state index contributed by atoms with van der Waals surface area (Å²) < 4.78 is 5.43. The van der Waals surface area contributed by atoms with Crippen LogP contribution in [0.1, 0.15) is 28.2 Å². The van der Waals surface area contributed by atoms with Crippen LogP contribution >= 0.6 is 11.3 Å². The first-order valence-electron chi connectivity index (χ1n) is 6.39. The van der Waals surface area contributed by atoms with Crippen LogP contribution in [-0.2, 0) is 13.0 Å². The van der Waals surface area contributed by atoms with Gasteiger partial charge >= 0.3 is 0 Å². The van der Waals surface area contributed by atoms with Gasteiger partial charge < -0.3 is 15.5 Å². The molecule has 0 aliphatic rings. The molecule has 7 nitrogen and oxygen atoms in total. The lowest BCUT2D eigenvalue weighted by atomic mass is 10.3. The Hall–Kier alpha value is -2.48. The molecular formula is C13H13N5O2S. The predicted octanol–water partition coefficient (Wildman–Crippen LogP) is 1.75. The van der Waals surface area contributed by atoms with Gasteiger partial charge in [0.15, 0.2) is 0 Å². The normalized spacial score (nSPS) is 10.9. The average molecular weight is 303 g/mol. The predicted molar refractivity (Wildman–Crippen MR) is 78.9 cm³/mol. The van der Waals surface area contributed by atoms with E-state index in [4.69, 9.17) is 10.2 Å². The van der Waals surface area contributed by atoms with Crippen molar-refractivity contribution in [3.63, 3.8) is 0 Å². The fourth-order valence-electron chi connectivity index (χ4n) is 1.84. The van der Waals surface area contributed by atoms with E-state index >= 15 is 0 Å². The lowest BCUT2D eigenvalue weighted by Gasteiger charge is -2.01. The second kappa shape index (κ2) is 5.49. The maximum Gasteiger partial charge on any atom is 0.264 e. The third-order valence-electron chi connectivity index (χ3n) is 2.92. The number of nitrogens with one attached hydrogen (secondary N) is 1. The maximum atomic E-state index is 12.2. The van der Waals surface area contributed by atoms with Gasteiger partial charge in [-0.25, -0.2) is 15.0 Å². The van der Waals surface area contributed by atoms with Crippen LogP contribution in [0, 0.1) is 0 Å². The van der Waals surface area contributed by atoms with Crippen molar-refractivity contribution < 1.29 is 9.21 Å². The number of anilines is 1. The molecule has 0 fully saturated rings. The molecular weight excluding hydrogens is 290 g/mol. The molecule has 0 aromatic carbocycles. The van der Waals surface area contributed by atoms with Gasteiger partial charge in [0.05, 0.1) is 18.4 Å². The number of carbonyl (C=O) groups is 1. The Morgan fingerprint density at radius 1 is 1.38 bits per heavy atom. The van der Waals surface area contributed by atoms with Crippen LogP contribution in [0.5, 0.6) is 0 Å². The van der Waals surface area contributed by atoms with Crippen LogP contribution in [0.3, 0.4) is 0 Å². The molecule has 8 heteroatoms. The Kier molecular flexibility index (Phi) is 3.53. The first kappa shape index (κ1) is 13.5. The largest absolute Gasteiger partial charge is 0.444 e. The number of thiophene rings is 1. The van der Waals surface area contributed by atoms with Crippen LogP contribution in [0.15, 0.2) is 23.0 Å². The van der Waals surface area contributed by atoms with Gasteiger partial charge in [0, 0.05) is 18.8 Å². The van der Waals surface area contributed by atoms with Gasteiger partial charge in [-0.1, -0.05) is 6.92 Å². The lowest BCUT2D eigenvalue weighted by molar-refractivity contribution is 0.0952. The third kappa shape index (κ3) is 2.57. The molecule has 0 saturated heterocycles. The van der Waals surface area contributed by atoms with Gasteiger partial charge in [0.1, 0.15) is 21.0 Å². The number of nitrogens with two attached hydrogens (primary N) is 1. The third-order valence-corrected chi connectivity index (χ3v) is 4.02. The van der Waals surface area contributed by atoms with Crippen molar-refractivity contribution in [3.05, 3.63) is 35.1 Å². The fourth-order valence-corrected chi connectivity index (χ4v) is 2.78. The second-order valence-electron chi connectivity index (χ2n) is 4.31. The summed E-state index contributed by atoms with van der Waals surface area (Å²) in [5.41, 5.74) is 6.84. The molecule has 108 valence electrons. The molecule has 0 spiro atoms. The number of aryl methyl sites for hydroxylation is 1. The Morgan fingerprint density at radius 3 is 2.90 bits per heavy atom. The zero-order valence-corrected chi connectivity index (χ0v) is 12.1. The Bertz CT molecular complexity index is 795. The van der Waals surface area contributed by atoms with Crippen molar-refractivity contribution in [1.29, 1.82) is 0 Å². The minimum Gasteiger partial charge on any atom is -0.444 e. The van der Waals surface area contributed by atoms with E-state index in [0.29, 0.717) is 26.8 Å². The minimum absolute atomic E-state index is 0.216. The molecule has 3 heterocycles. The van der Waals surface area contributed by atoms with E-state index < -0.39 is 0 Å². The quantitative estimate of drug-likeness (QED) is 0.760. The summed E-state index contributed by atoms with van der Waals surface area (Å²) in [5, 5.41) is 2.73. The molecule has 3 aromatic heterocycles. The summed E-state index contributed by atoms with van der Waals surface area (Å²) in [6, 6.07) is 0. The zero-order valence-electron chi connectivity index (χ0n) is 11.3. The topological polar surface area (TPSA) is 107 Å². The molecule has 0 unspecified atom stereocenters. The SMILES string of the molecule is CCc1cnc(CNC(=O)c2sc3nccnc3c2N)o1. The molecule has 21 heavy (non-hydrogen) atoms. The van der Waals surface area contributed by atoms with Crippen LogP contribution in [0.2, 0.25) is 0 Å². The number of hydrogen-bond acceptors (Lipinski definition) is 7. The van der Waals surface area contributed by atoms with Crippen LogP contribution in [0.25, 0.3) is 10.3 Å². The number of rotatable bonds is 4. The standard InChI is InChI=1S/C13H13N5O2S/c1-2-7-5-17-8(20-7)6-18-12(19)11-9(14)10-13(21-11)16-4-3-15-10/h3-5H,2,6,14H2,1H3,(H,18,19). The van der Waals surface area contributed by atoms with E-state index in [-0.39, 0.29) is 12.5 Å². The number of fused-ring (bicyclic) bond motifs is 1. The van der Waals surface area contributed by atoms with Gasteiger partial charge in [0.25, 0.3) is 5.91 Å². The summed E-state index contributed by atoms with van der Waals surface area (Å²) in [4.78, 5) is 25.6. The summed E-state index contributed by atoms with van der Waals surface area (Å²) in [6.45, 7) is 2.19. The van der Waals surface area contributed by atoms with Crippen molar-refractivity contribution in [3.8, 4) is 0 Å². The molecule has 0 radical (unpaired) electrons. The number of nitrogen functional groups attached to an aromatic ring is 1. The van der Waals surface area contributed by atoms with Crippen LogP contribution in [-0.4, -0.2) is 20.9 Å². The number of amides is 1. The van der Waals surface area contributed by atoms with Gasteiger partial charge in [0.2, 0.25) is 5.89 Å². The lowest BCUT2D eigenvalue weighted by Crippen LogP contribution is -2.22. The smallest absolute Gasteiger partial charge is 0.264 e. The summed E-state index contributed by atoms with van der Waals surface area (Å²) in [5.74, 6) is 0.971. The number of nitrogens with zero attached hydrogens (tertiary/aromatic N) is 3. The van der Waals surface area contributed by atoms with Crippen molar-refractivity contribution >= 4 is 33.3 Å². The Balaban J connectivity index is 1.76. The molecule has 0 aliphatic carbocycles. The molecule has 0 bridgehead atoms. The first-order valence-corrected chi connectivity index (χ1v) is 7.21. The average Bonchev–Trinajstić information content (AvgIpc) is 3.10. The van der Waals surface area contributed by atoms with E-state index in [1.54, 1.807) is 18.6 Å². The molecule has 3 aromatic rings. The van der Waals surface area contributed by atoms with E-state index in [1.165, 1.54) is 11.3 Å². The van der Waals surface area contributed by atoms with E-state index in [0.717, 1.165) is 12.2 Å². The number of carbonyl (C=O) groups excluding carboxylic acids is 1. The fraction of sp³-hybridized carbons (Fsp3) is 0.231. The summed E-state index contributed by atoms with van der Waals surface area (Å²) in [6.07, 6.45) is 5.54. The Morgan fingerprint density at radius 2 is 2.19 bits per heavy atom. The summed E-state index contributed by atoms with van der Waals surface area (Å²) in [7, 11) is 0. The van der Waals surface area contributed by atoms with Crippen LogP contribution < -0.4 is 11.1 Å². The highest BCUT2D eigenvalue weighted by Gasteiger charge is 2.18. The zero-order chi connectivity index (χ0) is 14.8. The second-order valence-corrected chi connectivity index (χ2v) is 5.31. The van der Waals surface area contributed by atoms with E-state index in [2.05, 4.69) is 20.3 Å². The number of oxazole rings is 1. The summed E-state index contributed by atoms with van der Waals surface area (Å²) >= 11 is 1.22. The van der Waals surface area contributed by atoms with Crippen molar-refractivity contribution in [2.75, 3.05) is 5.73 Å². The van der Waals surface area contributed by atoms with Gasteiger partial charge in [-0.05, 0) is 0 Å². The Labute approximate surface area is 124 Å². The van der Waals surface area contributed by atoms with Crippen molar-refractivity contribution in [1.82, 2.24) is 20.3 Å².